The minimum absolute atomic E-state index is 0.668. The quantitative estimate of drug-likeness (QED) is 0.164. The summed E-state index contributed by atoms with van der Waals surface area (Å²) in [4.78, 5) is 0. The number of hydrogen-bond donors (Lipinski definition) is 4. The summed E-state index contributed by atoms with van der Waals surface area (Å²) < 4.78 is 31.7. The third-order valence-corrected chi connectivity index (χ3v) is 9.85. The van der Waals surface area contributed by atoms with Crippen LogP contribution in [0, 0.1) is 0 Å². The molecule has 0 aliphatic heterocycles. The molecule has 0 bridgehead atoms. The maximum absolute atomic E-state index is 5.35. The van der Waals surface area contributed by atoms with Gasteiger partial charge in [-0.3, -0.25) is 0 Å². The molecule has 28 heavy (non-hydrogen) atoms. The van der Waals surface area contributed by atoms with Crippen molar-refractivity contribution in [3.05, 3.63) is 0 Å². The molecule has 0 spiro atoms. The lowest BCUT2D eigenvalue weighted by molar-refractivity contribution is 0.122. The Labute approximate surface area is 173 Å². The first-order valence-electron chi connectivity index (χ1n) is 9.61. The fourth-order valence-electron chi connectivity index (χ4n) is 2.43. The summed E-state index contributed by atoms with van der Waals surface area (Å²) in [7, 11) is 5.09. The van der Waals surface area contributed by atoms with Crippen LogP contribution < -0.4 is 22.1 Å². The normalized spacial score (nSPS) is 12.0. The molecular formula is C16H44N4O6Si2. The minimum atomic E-state index is -2.35. The Kier molecular flexibility index (Phi) is 21.9. The van der Waals surface area contributed by atoms with Gasteiger partial charge >= 0.3 is 17.6 Å². The molecule has 0 fully saturated rings. The minimum Gasteiger partial charge on any atom is -0.377 e. The second kappa shape index (κ2) is 20.3. The SMILES string of the molecule is CO[Si](CCCNCCN)(OC)OC.CO[Si](CCCNCCN)(OC)OC. The van der Waals surface area contributed by atoms with E-state index < -0.39 is 17.6 Å². The Morgan fingerprint density at radius 2 is 0.821 bits per heavy atom. The lowest BCUT2D eigenvalue weighted by atomic mass is 10.5. The fraction of sp³-hybridized carbons (Fsp3) is 1.00. The lowest BCUT2D eigenvalue weighted by Crippen LogP contribution is -2.43. The highest BCUT2D eigenvalue weighted by molar-refractivity contribution is 6.60. The summed E-state index contributed by atoms with van der Waals surface area (Å²) >= 11 is 0. The van der Waals surface area contributed by atoms with Crippen molar-refractivity contribution in [3.63, 3.8) is 0 Å². The van der Waals surface area contributed by atoms with E-state index >= 15 is 0 Å². The lowest BCUT2D eigenvalue weighted by Gasteiger charge is -2.24. The Bertz CT molecular complexity index is 281. The standard InChI is InChI=1S/2C8H22N2O3Si/c2*1-11-14(12-2,13-3)8-4-6-10-7-5-9/h2*10H,4-9H2,1-3H3. The van der Waals surface area contributed by atoms with Crippen LogP contribution in [0.2, 0.25) is 12.1 Å². The molecule has 0 aliphatic rings. The third kappa shape index (κ3) is 14.1. The highest BCUT2D eigenvalue weighted by Gasteiger charge is 2.37. The number of nitrogens with two attached hydrogens (primary N) is 2. The Balaban J connectivity index is 0. The predicted molar refractivity (Wildman–Crippen MR) is 116 cm³/mol. The van der Waals surface area contributed by atoms with E-state index in [0.29, 0.717) is 13.1 Å². The molecule has 0 heterocycles. The molecule has 6 N–H and O–H groups in total. The van der Waals surface area contributed by atoms with E-state index in [1.807, 2.05) is 0 Å². The monoisotopic (exact) mass is 444 g/mol. The van der Waals surface area contributed by atoms with E-state index in [0.717, 1.165) is 51.1 Å². The zero-order chi connectivity index (χ0) is 21.7. The van der Waals surface area contributed by atoms with Gasteiger partial charge in [0, 0.05) is 80.9 Å². The summed E-state index contributed by atoms with van der Waals surface area (Å²) in [5, 5.41) is 6.42. The second-order valence-corrected chi connectivity index (χ2v) is 12.1. The average Bonchev–Trinajstić information content (AvgIpc) is 2.75. The fourth-order valence-corrected chi connectivity index (χ4v) is 5.87. The Morgan fingerprint density at radius 3 is 1.04 bits per heavy atom. The van der Waals surface area contributed by atoms with Gasteiger partial charge in [-0.05, 0) is 25.9 Å². The molecule has 0 atom stereocenters. The van der Waals surface area contributed by atoms with Gasteiger partial charge in [0.1, 0.15) is 0 Å². The van der Waals surface area contributed by atoms with E-state index in [2.05, 4.69) is 10.6 Å². The van der Waals surface area contributed by atoms with Crippen molar-refractivity contribution in [2.24, 2.45) is 11.5 Å². The first-order chi connectivity index (χ1) is 13.5. The van der Waals surface area contributed by atoms with Crippen LogP contribution in [0.3, 0.4) is 0 Å². The number of nitrogens with one attached hydrogen (secondary N) is 2. The van der Waals surface area contributed by atoms with Crippen molar-refractivity contribution in [3.8, 4) is 0 Å². The van der Waals surface area contributed by atoms with Crippen LogP contribution in [0.25, 0.3) is 0 Å². The van der Waals surface area contributed by atoms with E-state index in [9.17, 15) is 0 Å². The largest absolute Gasteiger partial charge is 0.500 e. The maximum Gasteiger partial charge on any atom is 0.500 e. The van der Waals surface area contributed by atoms with Crippen molar-refractivity contribution in [2.45, 2.75) is 24.9 Å². The zero-order valence-electron chi connectivity index (χ0n) is 18.7. The van der Waals surface area contributed by atoms with Gasteiger partial charge in [0.25, 0.3) is 0 Å². The molecule has 0 aromatic heterocycles. The molecule has 0 saturated heterocycles. The summed E-state index contributed by atoms with van der Waals surface area (Å²) in [5.41, 5.74) is 10.7. The molecule has 10 nitrogen and oxygen atoms in total. The number of rotatable bonds is 18. The van der Waals surface area contributed by atoms with E-state index in [-0.39, 0.29) is 0 Å². The molecule has 0 radical (unpaired) electrons. The van der Waals surface area contributed by atoms with Gasteiger partial charge in [-0.25, -0.2) is 0 Å². The molecular weight excluding hydrogens is 400 g/mol. The van der Waals surface area contributed by atoms with Crippen LogP contribution in [0.15, 0.2) is 0 Å². The van der Waals surface area contributed by atoms with Crippen molar-refractivity contribution in [1.82, 2.24) is 10.6 Å². The van der Waals surface area contributed by atoms with Crippen LogP contribution in [0.5, 0.6) is 0 Å². The summed E-state index contributed by atoms with van der Waals surface area (Å²) in [6.07, 6.45) is 1.95. The molecule has 0 aliphatic carbocycles. The smallest absolute Gasteiger partial charge is 0.377 e. The third-order valence-electron chi connectivity index (χ3n) is 4.18. The van der Waals surface area contributed by atoms with Crippen molar-refractivity contribution < 1.29 is 26.6 Å². The van der Waals surface area contributed by atoms with Gasteiger partial charge in [-0.15, -0.1) is 0 Å². The Morgan fingerprint density at radius 1 is 0.536 bits per heavy atom. The molecule has 0 amide bonds. The van der Waals surface area contributed by atoms with Gasteiger partial charge in [0.2, 0.25) is 0 Å². The highest BCUT2D eigenvalue weighted by atomic mass is 28.4. The highest BCUT2D eigenvalue weighted by Crippen LogP contribution is 2.14. The van der Waals surface area contributed by atoms with Gasteiger partial charge in [-0.2, -0.15) is 0 Å². The Hall–Kier alpha value is 0.0338. The average molecular weight is 445 g/mol. The van der Waals surface area contributed by atoms with Crippen LogP contribution in [-0.2, 0) is 26.6 Å². The second-order valence-electron chi connectivity index (χ2n) is 5.88. The van der Waals surface area contributed by atoms with Gasteiger partial charge < -0.3 is 48.7 Å². The first kappa shape index (κ1) is 30.2. The zero-order valence-corrected chi connectivity index (χ0v) is 20.7. The van der Waals surface area contributed by atoms with Crippen molar-refractivity contribution >= 4 is 17.6 Å². The van der Waals surface area contributed by atoms with E-state index in [1.54, 1.807) is 42.7 Å². The topological polar surface area (TPSA) is 131 Å². The summed E-state index contributed by atoms with van der Waals surface area (Å²) in [6, 6.07) is 1.65. The molecule has 0 rings (SSSR count). The summed E-state index contributed by atoms with van der Waals surface area (Å²) in [5.74, 6) is 0. The molecule has 0 aromatic rings. The van der Waals surface area contributed by atoms with Crippen LogP contribution in [0.4, 0.5) is 0 Å². The molecule has 172 valence electrons. The molecule has 0 saturated carbocycles. The van der Waals surface area contributed by atoms with Gasteiger partial charge in [-0.1, -0.05) is 0 Å². The van der Waals surface area contributed by atoms with Gasteiger partial charge in [0.05, 0.1) is 0 Å². The van der Waals surface area contributed by atoms with Gasteiger partial charge in [0.15, 0.2) is 0 Å². The number of hydrogen-bond acceptors (Lipinski definition) is 10. The molecule has 0 aromatic carbocycles. The van der Waals surface area contributed by atoms with Crippen LogP contribution in [-0.4, -0.2) is 99.5 Å². The van der Waals surface area contributed by atoms with Crippen molar-refractivity contribution in [2.75, 3.05) is 81.9 Å². The molecule has 0 unspecified atom stereocenters. The molecule has 12 heteroatoms. The predicted octanol–water partition coefficient (Wildman–Crippen LogP) is -0.394. The maximum atomic E-state index is 5.35. The summed E-state index contributed by atoms with van der Waals surface area (Å²) in [6.45, 7) is 4.87. The van der Waals surface area contributed by atoms with E-state index in [1.165, 1.54) is 0 Å². The van der Waals surface area contributed by atoms with E-state index in [4.69, 9.17) is 38.0 Å². The first-order valence-corrected chi connectivity index (χ1v) is 13.5. The van der Waals surface area contributed by atoms with Crippen LogP contribution in [0.1, 0.15) is 12.8 Å². The van der Waals surface area contributed by atoms with Crippen molar-refractivity contribution in [1.29, 1.82) is 0 Å². The van der Waals surface area contributed by atoms with Crippen LogP contribution >= 0.6 is 0 Å².